The monoisotopic (exact) mass is 384 g/mol. The van der Waals surface area contributed by atoms with Gasteiger partial charge in [-0.3, -0.25) is 4.98 Å². The van der Waals surface area contributed by atoms with Gasteiger partial charge in [0.2, 0.25) is 0 Å². The van der Waals surface area contributed by atoms with E-state index in [-0.39, 0.29) is 0 Å². The number of nitrogens with zero attached hydrogens (tertiary/aromatic N) is 2. The van der Waals surface area contributed by atoms with E-state index in [0.717, 1.165) is 50.3 Å². The average Bonchev–Trinajstić information content (AvgIpc) is 3.46. The van der Waals surface area contributed by atoms with Gasteiger partial charge in [0.25, 0.3) is 0 Å². The van der Waals surface area contributed by atoms with E-state index in [1.807, 2.05) is 44.2 Å². The first kappa shape index (κ1) is 17.9. The molecule has 2 aliphatic rings. The molecule has 1 atom stereocenters. The smallest absolute Gasteiger partial charge is 0.107 e. The third-order valence-electron chi connectivity index (χ3n) is 6.10. The first-order valence-electron chi connectivity index (χ1n) is 9.87. The van der Waals surface area contributed by atoms with Gasteiger partial charge in [-0.15, -0.1) is 0 Å². The fourth-order valence-corrected chi connectivity index (χ4v) is 3.98. The van der Waals surface area contributed by atoms with E-state index >= 15 is 0 Å². The van der Waals surface area contributed by atoms with Crippen LogP contribution in [0.1, 0.15) is 53.9 Å². The van der Waals surface area contributed by atoms with Crippen molar-refractivity contribution in [2.45, 2.75) is 39.2 Å². The standard InChI is InChI=1S/C24H24N4O/c1-13-17-7-5-15(25-17)11-21-23(29)24(3,4)22(28-21)12-16-6-8-18(26-16)14(2)20-10-9-19(13)27-20/h5-12,23,25-26,29H,1-4H3. The predicted molar refractivity (Wildman–Crippen MR) is 117 cm³/mol. The number of aryl methyl sites for hydroxylation is 2. The maximum Gasteiger partial charge on any atom is 0.107 e. The number of hydrogen-bond donors (Lipinski definition) is 3. The van der Waals surface area contributed by atoms with Crippen LogP contribution in [-0.4, -0.2) is 25.0 Å². The minimum Gasteiger partial charge on any atom is -0.386 e. The molecule has 0 aliphatic carbocycles. The van der Waals surface area contributed by atoms with Crippen LogP contribution in [-0.2, 0) is 5.41 Å². The van der Waals surface area contributed by atoms with Gasteiger partial charge in [0.05, 0.1) is 22.8 Å². The molecule has 1 unspecified atom stereocenters. The Kier molecular flexibility index (Phi) is 3.80. The first-order valence-corrected chi connectivity index (χ1v) is 9.87. The molecule has 2 aliphatic heterocycles. The van der Waals surface area contributed by atoms with Gasteiger partial charge >= 0.3 is 0 Å². The Morgan fingerprint density at radius 1 is 0.828 bits per heavy atom. The average molecular weight is 384 g/mol. The Balaban J connectivity index is 1.92. The predicted octanol–water partition coefficient (Wildman–Crippen LogP) is 5.11. The van der Waals surface area contributed by atoms with Gasteiger partial charge in [-0.25, -0.2) is 4.98 Å². The molecule has 146 valence electrons. The number of aliphatic hydroxyl groups excluding tert-OH is 1. The van der Waals surface area contributed by atoms with Crippen LogP contribution >= 0.6 is 0 Å². The zero-order valence-electron chi connectivity index (χ0n) is 17.0. The van der Waals surface area contributed by atoms with Crippen molar-refractivity contribution in [1.82, 2.24) is 19.9 Å². The lowest BCUT2D eigenvalue weighted by Gasteiger charge is -2.22. The van der Waals surface area contributed by atoms with Crippen LogP contribution in [0.3, 0.4) is 0 Å². The van der Waals surface area contributed by atoms with Crippen molar-refractivity contribution in [2.24, 2.45) is 0 Å². The number of hydrogen-bond acceptors (Lipinski definition) is 3. The number of nitrogens with one attached hydrogen (secondary N) is 2. The van der Waals surface area contributed by atoms with Gasteiger partial charge < -0.3 is 15.1 Å². The topological polar surface area (TPSA) is 77.6 Å². The highest BCUT2D eigenvalue weighted by atomic mass is 16.3. The lowest BCUT2D eigenvalue weighted by molar-refractivity contribution is 0.109. The second-order valence-electron chi connectivity index (χ2n) is 8.46. The third-order valence-corrected chi connectivity index (χ3v) is 6.10. The number of aromatic amines is 2. The molecule has 0 aromatic carbocycles. The molecule has 0 spiro atoms. The van der Waals surface area contributed by atoms with Gasteiger partial charge in [-0.1, -0.05) is 13.8 Å². The molecular formula is C24H24N4O. The second-order valence-corrected chi connectivity index (χ2v) is 8.46. The third kappa shape index (κ3) is 2.81. The molecule has 5 heteroatoms. The van der Waals surface area contributed by atoms with Crippen molar-refractivity contribution in [1.29, 1.82) is 0 Å². The molecular weight excluding hydrogens is 360 g/mol. The summed E-state index contributed by atoms with van der Waals surface area (Å²) in [7, 11) is 0. The minimum absolute atomic E-state index is 0.469. The van der Waals surface area contributed by atoms with E-state index in [1.165, 1.54) is 0 Å². The van der Waals surface area contributed by atoms with E-state index in [1.54, 1.807) is 0 Å². The fraction of sp³-hybridized carbons (Fsp3) is 0.250. The van der Waals surface area contributed by atoms with Crippen molar-refractivity contribution in [3.63, 3.8) is 0 Å². The Hall–Kier alpha value is -3.18. The SMILES string of the molecule is Cc1c2nc(c(C)c3ccc(cc4nc(cc5ccc1[nH]5)C(O)C4(C)C)[nH]3)C=C2. The van der Waals surface area contributed by atoms with Crippen molar-refractivity contribution < 1.29 is 5.11 Å². The van der Waals surface area contributed by atoms with Gasteiger partial charge in [-0.05, 0) is 73.5 Å². The van der Waals surface area contributed by atoms with Crippen molar-refractivity contribution >= 4 is 34.2 Å². The Bertz CT molecular complexity index is 1320. The van der Waals surface area contributed by atoms with Gasteiger partial charge in [-0.2, -0.15) is 0 Å². The van der Waals surface area contributed by atoms with Crippen LogP contribution in [0.25, 0.3) is 34.2 Å². The molecule has 0 saturated carbocycles. The number of rotatable bonds is 0. The van der Waals surface area contributed by atoms with Crippen LogP contribution in [0.15, 0.2) is 36.4 Å². The van der Waals surface area contributed by atoms with Crippen LogP contribution in [0.4, 0.5) is 0 Å². The summed E-state index contributed by atoms with van der Waals surface area (Å²) in [5, 5.41) is 10.9. The lowest BCUT2D eigenvalue weighted by atomic mass is 9.84. The lowest BCUT2D eigenvalue weighted by Crippen LogP contribution is -2.21. The summed E-state index contributed by atoms with van der Waals surface area (Å²) in [6.07, 6.45) is 3.46. The zero-order chi connectivity index (χ0) is 20.3. The molecule has 3 aromatic heterocycles. The summed E-state index contributed by atoms with van der Waals surface area (Å²) < 4.78 is 0. The van der Waals surface area contributed by atoms with Gasteiger partial charge in [0.1, 0.15) is 6.10 Å². The number of aromatic nitrogens is 4. The molecule has 3 aromatic rings. The largest absolute Gasteiger partial charge is 0.386 e. The van der Waals surface area contributed by atoms with Crippen LogP contribution in [0.5, 0.6) is 0 Å². The minimum atomic E-state index is -0.664. The maximum absolute atomic E-state index is 10.9. The molecule has 0 fully saturated rings. The Morgan fingerprint density at radius 2 is 1.38 bits per heavy atom. The Morgan fingerprint density at radius 3 is 1.97 bits per heavy atom. The normalized spacial score (nSPS) is 17.6. The summed E-state index contributed by atoms with van der Waals surface area (Å²) in [6.45, 7) is 8.19. The molecule has 0 radical (unpaired) electrons. The quantitative estimate of drug-likeness (QED) is 0.394. The molecule has 8 bridgehead atoms. The highest BCUT2D eigenvalue weighted by molar-refractivity contribution is 5.79. The summed E-state index contributed by atoms with van der Waals surface area (Å²) in [5.74, 6) is 0. The number of aliphatic hydroxyl groups is 1. The molecule has 3 N–H and O–H groups in total. The van der Waals surface area contributed by atoms with Crippen molar-refractivity contribution in [2.75, 3.05) is 0 Å². The van der Waals surface area contributed by atoms with E-state index < -0.39 is 11.5 Å². The van der Waals surface area contributed by atoms with E-state index in [9.17, 15) is 5.11 Å². The number of H-pyrrole nitrogens is 2. The van der Waals surface area contributed by atoms with E-state index in [0.29, 0.717) is 5.69 Å². The first-order chi connectivity index (χ1) is 13.8. The van der Waals surface area contributed by atoms with Crippen LogP contribution < -0.4 is 0 Å². The van der Waals surface area contributed by atoms with Gasteiger partial charge in [0, 0.05) is 27.5 Å². The van der Waals surface area contributed by atoms with E-state index in [4.69, 9.17) is 9.97 Å². The molecule has 29 heavy (non-hydrogen) atoms. The fourth-order valence-electron chi connectivity index (χ4n) is 3.98. The Labute approximate surface area is 169 Å². The summed E-state index contributed by atoms with van der Waals surface area (Å²) in [4.78, 5) is 16.5. The maximum atomic E-state index is 10.9. The van der Waals surface area contributed by atoms with Gasteiger partial charge in [0.15, 0.2) is 0 Å². The molecule has 5 nitrogen and oxygen atoms in total. The van der Waals surface area contributed by atoms with Crippen molar-refractivity contribution in [3.8, 4) is 0 Å². The number of fused-ring (bicyclic) bond motifs is 8. The molecule has 5 heterocycles. The van der Waals surface area contributed by atoms with Crippen LogP contribution in [0, 0.1) is 13.8 Å². The highest BCUT2D eigenvalue weighted by Gasteiger charge is 2.38. The van der Waals surface area contributed by atoms with E-state index in [2.05, 4.69) is 42.0 Å². The summed E-state index contributed by atoms with van der Waals surface area (Å²) in [5.41, 5.74) is 9.06. The summed E-state index contributed by atoms with van der Waals surface area (Å²) >= 11 is 0. The molecule has 0 amide bonds. The summed E-state index contributed by atoms with van der Waals surface area (Å²) in [6, 6.07) is 12.1. The van der Waals surface area contributed by atoms with Crippen molar-refractivity contribution in [3.05, 3.63) is 70.3 Å². The highest BCUT2D eigenvalue weighted by Crippen LogP contribution is 2.39. The van der Waals surface area contributed by atoms with Crippen LogP contribution in [0.2, 0.25) is 0 Å². The molecule has 5 rings (SSSR count). The molecule has 0 saturated heterocycles. The zero-order valence-corrected chi connectivity index (χ0v) is 17.0. The second kappa shape index (κ2) is 6.16.